The molecule has 0 radical (unpaired) electrons. The van der Waals surface area contributed by atoms with Crippen LogP contribution < -0.4 is 19.9 Å². The predicted molar refractivity (Wildman–Crippen MR) is 137 cm³/mol. The van der Waals surface area contributed by atoms with Gasteiger partial charge in [-0.15, -0.1) is 0 Å². The minimum Gasteiger partial charge on any atom is -0.497 e. The Morgan fingerprint density at radius 3 is 2.40 bits per heavy atom. The smallest absolute Gasteiger partial charge is 0.228 e. The Morgan fingerprint density at radius 2 is 1.71 bits per heavy atom. The zero-order chi connectivity index (χ0) is 24.2. The van der Waals surface area contributed by atoms with Crippen molar-refractivity contribution in [3.63, 3.8) is 0 Å². The van der Waals surface area contributed by atoms with E-state index in [1.165, 1.54) is 0 Å². The van der Waals surface area contributed by atoms with Crippen LogP contribution in [0.2, 0.25) is 0 Å². The highest BCUT2D eigenvalue weighted by Gasteiger charge is 2.26. The maximum atomic E-state index is 5.59. The summed E-state index contributed by atoms with van der Waals surface area (Å²) >= 11 is 0. The number of nitrogens with one attached hydrogen (secondary N) is 1. The van der Waals surface area contributed by atoms with Crippen LogP contribution in [0.5, 0.6) is 5.75 Å². The Balaban J connectivity index is 1.47. The number of ether oxygens (including phenoxy) is 2. The zero-order valence-electron chi connectivity index (χ0n) is 20.8. The third-order valence-electron chi connectivity index (χ3n) is 6.86. The highest BCUT2D eigenvalue weighted by molar-refractivity contribution is 5.93. The summed E-state index contributed by atoms with van der Waals surface area (Å²) in [4.78, 5) is 26.1. The van der Waals surface area contributed by atoms with Gasteiger partial charge in [0, 0.05) is 38.8 Å². The van der Waals surface area contributed by atoms with Gasteiger partial charge < -0.3 is 29.5 Å². The normalized spacial score (nSPS) is 17.3. The van der Waals surface area contributed by atoms with Crippen LogP contribution in [0.25, 0.3) is 11.0 Å². The van der Waals surface area contributed by atoms with E-state index in [0.29, 0.717) is 31.6 Å². The van der Waals surface area contributed by atoms with Gasteiger partial charge in [0.1, 0.15) is 23.1 Å². The molecule has 0 spiro atoms. The molecular weight excluding hydrogens is 444 g/mol. The number of aromatic nitrogens is 4. The van der Waals surface area contributed by atoms with Crippen LogP contribution >= 0.6 is 0 Å². The van der Waals surface area contributed by atoms with Gasteiger partial charge >= 0.3 is 0 Å². The van der Waals surface area contributed by atoms with Gasteiger partial charge in [0.2, 0.25) is 5.95 Å². The molecule has 2 aliphatic rings. The SMILES string of the molecule is COc1ccc(CNc2ncnc3c(N4CCOCC4)nc(N4CCC(N(C)C)CC4)nc23)cc1. The first-order valence-electron chi connectivity index (χ1n) is 12.3. The van der Waals surface area contributed by atoms with Crippen molar-refractivity contribution in [1.82, 2.24) is 24.8 Å². The lowest BCUT2D eigenvalue weighted by atomic mass is 10.0. The van der Waals surface area contributed by atoms with Crippen LogP contribution in [0.15, 0.2) is 30.6 Å². The lowest BCUT2D eigenvalue weighted by Crippen LogP contribution is -2.43. The Morgan fingerprint density at radius 1 is 0.971 bits per heavy atom. The summed E-state index contributed by atoms with van der Waals surface area (Å²) < 4.78 is 10.9. The monoisotopic (exact) mass is 478 g/mol. The molecule has 0 unspecified atom stereocenters. The van der Waals surface area contributed by atoms with E-state index in [1.807, 2.05) is 24.3 Å². The van der Waals surface area contributed by atoms with Gasteiger partial charge in [-0.3, -0.25) is 0 Å². The molecule has 5 rings (SSSR count). The molecule has 1 aromatic carbocycles. The molecule has 0 amide bonds. The summed E-state index contributed by atoms with van der Waals surface area (Å²) in [5.41, 5.74) is 2.65. The lowest BCUT2D eigenvalue weighted by molar-refractivity contribution is 0.122. The van der Waals surface area contributed by atoms with Crippen molar-refractivity contribution in [2.75, 3.05) is 75.7 Å². The van der Waals surface area contributed by atoms with E-state index < -0.39 is 0 Å². The van der Waals surface area contributed by atoms with E-state index in [9.17, 15) is 0 Å². The molecule has 186 valence electrons. The Labute approximate surface area is 206 Å². The minimum absolute atomic E-state index is 0.593. The molecule has 35 heavy (non-hydrogen) atoms. The van der Waals surface area contributed by atoms with Crippen molar-refractivity contribution in [3.05, 3.63) is 36.2 Å². The van der Waals surface area contributed by atoms with Crippen molar-refractivity contribution in [1.29, 1.82) is 0 Å². The van der Waals surface area contributed by atoms with E-state index in [2.05, 4.69) is 44.1 Å². The van der Waals surface area contributed by atoms with Crippen LogP contribution in [0.3, 0.4) is 0 Å². The van der Waals surface area contributed by atoms with E-state index in [4.69, 9.17) is 19.4 Å². The molecule has 0 atom stereocenters. The molecule has 2 fully saturated rings. The molecule has 0 bridgehead atoms. The van der Waals surface area contributed by atoms with Crippen LogP contribution in [0.4, 0.5) is 17.6 Å². The fourth-order valence-electron chi connectivity index (χ4n) is 4.70. The number of piperidine rings is 1. The third kappa shape index (κ3) is 5.23. The fourth-order valence-corrected chi connectivity index (χ4v) is 4.70. The van der Waals surface area contributed by atoms with Crippen LogP contribution in [-0.2, 0) is 11.3 Å². The standard InChI is InChI=1S/C25H34N8O2/c1-31(2)19-8-10-33(11-9-19)25-29-21-22(24(30-25)32-12-14-35-15-13-32)27-17-28-23(21)26-16-18-4-6-20(34-3)7-5-18/h4-7,17,19H,8-16H2,1-3H3,(H,26,27,28). The van der Waals surface area contributed by atoms with Crippen molar-refractivity contribution >= 4 is 28.6 Å². The van der Waals surface area contributed by atoms with Crippen molar-refractivity contribution < 1.29 is 9.47 Å². The average Bonchev–Trinajstić information content (AvgIpc) is 2.92. The maximum Gasteiger partial charge on any atom is 0.228 e. The topological polar surface area (TPSA) is 91.8 Å². The molecule has 10 heteroatoms. The Kier molecular flexibility index (Phi) is 7.10. The molecule has 1 N–H and O–H groups in total. The number of benzene rings is 1. The maximum absolute atomic E-state index is 5.59. The van der Waals surface area contributed by atoms with Gasteiger partial charge in [-0.1, -0.05) is 12.1 Å². The molecule has 0 aliphatic carbocycles. The summed E-state index contributed by atoms with van der Waals surface area (Å²) in [5, 5.41) is 3.47. The average molecular weight is 479 g/mol. The highest BCUT2D eigenvalue weighted by atomic mass is 16.5. The third-order valence-corrected chi connectivity index (χ3v) is 6.86. The number of rotatable bonds is 7. The first-order valence-corrected chi connectivity index (χ1v) is 12.3. The first-order chi connectivity index (χ1) is 17.1. The van der Waals surface area contributed by atoms with Gasteiger partial charge in [0.15, 0.2) is 11.6 Å². The second kappa shape index (κ2) is 10.6. The number of nitrogens with zero attached hydrogens (tertiary/aromatic N) is 7. The predicted octanol–water partition coefficient (Wildman–Crippen LogP) is 2.41. The number of fused-ring (bicyclic) bond motifs is 1. The van der Waals surface area contributed by atoms with Crippen molar-refractivity contribution in [2.45, 2.75) is 25.4 Å². The summed E-state index contributed by atoms with van der Waals surface area (Å²) in [6.45, 7) is 5.42. The van der Waals surface area contributed by atoms with Crippen LogP contribution in [0.1, 0.15) is 18.4 Å². The molecule has 10 nitrogen and oxygen atoms in total. The van der Waals surface area contributed by atoms with Gasteiger partial charge in [-0.2, -0.15) is 4.98 Å². The number of hydrogen-bond acceptors (Lipinski definition) is 10. The molecular formula is C25H34N8O2. The Hall–Kier alpha value is -3.24. The minimum atomic E-state index is 0.593. The zero-order valence-corrected chi connectivity index (χ0v) is 20.8. The van der Waals surface area contributed by atoms with Crippen LogP contribution in [-0.4, -0.2) is 91.5 Å². The van der Waals surface area contributed by atoms with Gasteiger partial charge in [-0.05, 0) is 44.6 Å². The van der Waals surface area contributed by atoms with Gasteiger partial charge in [-0.25, -0.2) is 15.0 Å². The molecule has 3 aromatic rings. The highest BCUT2D eigenvalue weighted by Crippen LogP contribution is 2.30. The molecule has 0 saturated carbocycles. The van der Waals surface area contributed by atoms with Crippen LogP contribution in [0, 0.1) is 0 Å². The van der Waals surface area contributed by atoms with Crippen molar-refractivity contribution in [3.8, 4) is 5.75 Å². The molecule has 2 saturated heterocycles. The number of morpholine rings is 1. The second-order valence-electron chi connectivity index (χ2n) is 9.25. The van der Waals surface area contributed by atoms with Crippen molar-refractivity contribution in [2.24, 2.45) is 0 Å². The summed E-state index contributed by atoms with van der Waals surface area (Å²) in [6.07, 6.45) is 3.78. The second-order valence-corrected chi connectivity index (χ2v) is 9.25. The molecule has 2 aliphatic heterocycles. The van der Waals surface area contributed by atoms with Gasteiger partial charge in [0.05, 0.1) is 20.3 Å². The fraction of sp³-hybridized carbons (Fsp3) is 0.520. The van der Waals surface area contributed by atoms with E-state index in [1.54, 1.807) is 13.4 Å². The van der Waals surface area contributed by atoms with Gasteiger partial charge in [0.25, 0.3) is 0 Å². The first kappa shape index (κ1) is 23.5. The summed E-state index contributed by atoms with van der Waals surface area (Å²) in [7, 11) is 5.98. The lowest BCUT2D eigenvalue weighted by Gasteiger charge is -2.36. The number of anilines is 3. The van der Waals surface area contributed by atoms with E-state index in [-0.39, 0.29) is 0 Å². The molecule has 2 aromatic heterocycles. The van der Waals surface area contributed by atoms with E-state index in [0.717, 1.165) is 73.1 Å². The Bertz CT molecular complexity index is 1130. The number of hydrogen-bond donors (Lipinski definition) is 1. The summed E-state index contributed by atoms with van der Waals surface area (Å²) in [6, 6.07) is 8.61. The quantitative estimate of drug-likeness (QED) is 0.546. The van der Waals surface area contributed by atoms with E-state index >= 15 is 0 Å². The number of methoxy groups -OCH3 is 1. The largest absolute Gasteiger partial charge is 0.497 e. The summed E-state index contributed by atoms with van der Waals surface area (Å²) in [5.74, 6) is 3.16. The molecule has 4 heterocycles.